The van der Waals surface area contributed by atoms with E-state index in [1.807, 2.05) is 0 Å². The summed E-state index contributed by atoms with van der Waals surface area (Å²) in [5, 5.41) is 9.72. The molecule has 45 heavy (non-hydrogen) atoms. The molecule has 0 aliphatic heterocycles. The van der Waals surface area contributed by atoms with E-state index in [-0.39, 0.29) is 50.1 Å². The Bertz CT molecular complexity index is 1200. The van der Waals surface area contributed by atoms with Gasteiger partial charge in [0.2, 0.25) is 0 Å². The zero-order chi connectivity index (χ0) is 34.7. The fraction of sp³-hybridized carbons (Fsp3) is 0.667. The topological polar surface area (TPSA) is 266 Å². The van der Waals surface area contributed by atoms with Crippen LogP contribution in [0.4, 0.5) is 0 Å². The van der Waals surface area contributed by atoms with Gasteiger partial charge in [-0.2, -0.15) is 14.4 Å². The van der Waals surface area contributed by atoms with Crippen LogP contribution in [0.25, 0.3) is 16.6 Å². The van der Waals surface area contributed by atoms with Crippen molar-refractivity contribution in [2.75, 3.05) is 40.0 Å². The van der Waals surface area contributed by atoms with Crippen LogP contribution in [0.5, 0.6) is 0 Å². The van der Waals surface area contributed by atoms with E-state index in [0.717, 1.165) is 9.80 Å². The second-order valence-corrected chi connectivity index (χ2v) is 11.0. The maximum atomic E-state index is 12.4. The molecule has 0 saturated carbocycles. The summed E-state index contributed by atoms with van der Waals surface area (Å²) < 4.78 is 15.0. The Balaban J connectivity index is 5.66. The zero-order valence-corrected chi connectivity index (χ0v) is 26.3. The average molecular weight is 637 g/mol. The molecule has 0 unspecified atom stereocenters. The number of ether oxygens (including phenoxy) is 3. The van der Waals surface area contributed by atoms with Gasteiger partial charge in [0.15, 0.2) is 0 Å². The fourth-order valence-electron chi connectivity index (χ4n) is 3.31. The monoisotopic (exact) mass is 636 g/mol. The molecule has 0 aliphatic rings. The molecule has 0 bridgehead atoms. The summed E-state index contributed by atoms with van der Waals surface area (Å²) in [6.45, 7) is 7.27. The third-order valence-electron chi connectivity index (χ3n) is 5.52. The number of ketones is 3. The van der Waals surface area contributed by atoms with E-state index < -0.39 is 79.3 Å². The third kappa shape index (κ3) is 15.6. The van der Waals surface area contributed by atoms with E-state index in [1.54, 1.807) is 41.5 Å². The summed E-state index contributed by atoms with van der Waals surface area (Å²) in [5.41, 5.74) is 24.8. The number of carbonyl (C=O) groups is 6. The van der Waals surface area contributed by atoms with Crippen molar-refractivity contribution in [1.29, 1.82) is 0 Å². The van der Waals surface area contributed by atoms with Crippen molar-refractivity contribution in [3.8, 4) is 0 Å². The lowest BCUT2D eigenvalue weighted by Gasteiger charge is -2.24. The highest BCUT2D eigenvalue weighted by Gasteiger charge is 2.34. The Hall–Kier alpha value is -4.56. The first kappa shape index (κ1) is 40.4. The molecule has 0 aromatic rings. The smallest absolute Gasteiger partial charge is 0.440 e. The Morgan fingerprint density at radius 1 is 0.556 bits per heavy atom. The summed E-state index contributed by atoms with van der Waals surface area (Å²) >= 11 is 0. The predicted octanol–water partition coefficient (Wildman–Crippen LogP) is -0.0997. The molecule has 0 atom stereocenters. The minimum absolute atomic E-state index is 0.0812. The van der Waals surface area contributed by atoms with Crippen LogP contribution >= 0.6 is 0 Å². The quantitative estimate of drug-likeness (QED) is 0.0310. The van der Waals surface area contributed by atoms with Gasteiger partial charge in [0, 0.05) is 32.4 Å². The number of carbonyl (C=O) groups excluding carboxylic acids is 6. The van der Waals surface area contributed by atoms with Gasteiger partial charge in [0.25, 0.3) is 17.3 Å². The van der Waals surface area contributed by atoms with Gasteiger partial charge in [0.05, 0.1) is 6.73 Å². The van der Waals surface area contributed by atoms with E-state index in [0.29, 0.717) is 0 Å². The van der Waals surface area contributed by atoms with Gasteiger partial charge in [-0.15, -0.1) is 0 Å². The number of nitrogens with zero attached hydrogens (tertiary/aromatic N) is 8. The van der Waals surface area contributed by atoms with E-state index in [4.69, 9.17) is 30.8 Å². The maximum Gasteiger partial charge on any atom is 0.441 e. The molecule has 1 N–H and O–H groups in total. The summed E-state index contributed by atoms with van der Waals surface area (Å²) in [6.07, 6.45) is -0.305. The van der Waals surface area contributed by atoms with Crippen molar-refractivity contribution in [2.24, 2.45) is 17.8 Å². The minimum atomic E-state index is -1.29. The van der Waals surface area contributed by atoms with Crippen LogP contribution in [-0.2, 0) is 43.0 Å². The Morgan fingerprint density at radius 2 is 0.822 bits per heavy atom. The molecule has 0 heterocycles. The predicted molar refractivity (Wildman–Crippen MR) is 153 cm³/mol. The first-order valence-electron chi connectivity index (χ1n) is 13.9. The molecule has 0 radical (unpaired) electrons. The van der Waals surface area contributed by atoms with Crippen LogP contribution in [0.3, 0.4) is 0 Å². The van der Waals surface area contributed by atoms with Gasteiger partial charge in [-0.1, -0.05) is 41.5 Å². The molecule has 0 aliphatic carbocycles. The molecular weight excluding hydrogens is 596 g/mol. The van der Waals surface area contributed by atoms with Crippen molar-refractivity contribution >= 4 is 52.4 Å². The molecule has 248 valence electrons. The molecule has 0 aromatic carbocycles. The molecule has 18 heteroatoms. The summed E-state index contributed by atoms with van der Waals surface area (Å²) in [5.74, 6) is -6.61. The van der Waals surface area contributed by atoms with E-state index in [2.05, 4.69) is 14.4 Å². The Kier molecular flexibility index (Phi) is 19.0. The van der Waals surface area contributed by atoms with Gasteiger partial charge < -0.3 is 35.9 Å². The molecule has 0 fully saturated rings. The third-order valence-corrected chi connectivity index (χ3v) is 5.52. The number of hydrogen-bond acceptors (Lipinski definition) is 12. The van der Waals surface area contributed by atoms with Crippen LogP contribution in [0, 0.1) is 17.8 Å². The summed E-state index contributed by atoms with van der Waals surface area (Å²) in [6, 6.07) is 0. The van der Waals surface area contributed by atoms with Crippen molar-refractivity contribution in [3.05, 3.63) is 16.6 Å². The van der Waals surface area contributed by atoms with Crippen molar-refractivity contribution in [3.63, 3.8) is 0 Å². The molecule has 0 saturated heterocycles. The molecule has 18 nitrogen and oxygen atoms in total. The van der Waals surface area contributed by atoms with Crippen LogP contribution in [-0.4, -0.2) is 122 Å². The van der Waals surface area contributed by atoms with E-state index in [9.17, 15) is 33.9 Å². The first-order chi connectivity index (χ1) is 21.1. The molecule has 0 aromatic heterocycles. The van der Waals surface area contributed by atoms with E-state index in [1.165, 1.54) is 0 Å². The number of hydrogen-bond donors (Lipinski definition) is 1. The van der Waals surface area contributed by atoms with Gasteiger partial charge in [0.1, 0.15) is 20.2 Å². The molecule has 0 spiro atoms. The lowest BCUT2D eigenvalue weighted by Crippen LogP contribution is -2.42. The Labute approximate surface area is 260 Å². The standard InChI is InChI=1S/C27H40N8O10/c1-16(2)9-19(37)22(31-28)25(40)43-13-34(12-36)7-8-35(14-44-26(41)23(32-29)20(38)10-17(3)4)15-45-27(42)24(33-30)21(39)11-18(5)6/h16-18,36H,7-15H2,1-6H3. The highest BCUT2D eigenvalue weighted by atomic mass is 16.6. The highest BCUT2D eigenvalue weighted by Crippen LogP contribution is 2.05. The van der Waals surface area contributed by atoms with Crippen molar-refractivity contribution in [2.45, 2.75) is 60.8 Å². The average Bonchev–Trinajstić information content (AvgIpc) is 2.93. The highest BCUT2D eigenvalue weighted by molar-refractivity contribution is 6.63. The van der Waals surface area contributed by atoms with Crippen LogP contribution < -0.4 is 0 Å². The SMILES string of the molecule is CC(C)CC(=O)C(=[N+]=[N-])C(=O)OCN(CO)CCN(COC(=O)C(=[N+]=[N-])C(=O)CC(C)C)COC(=O)C(=[N+]=[N-])C(=O)CC(C)C. The van der Waals surface area contributed by atoms with E-state index >= 15 is 0 Å². The van der Waals surface area contributed by atoms with Gasteiger partial charge in [-0.05, 0) is 17.8 Å². The Morgan fingerprint density at radius 3 is 1.07 bits per heavy atom. The lowest BCUT2D eigenvalue weighted by molar-refractivity contribution is -0.156. The van der Waals surface area contributed by atoms with Crippen LogP contribution in [0.15, 0.2) is 0 Å². The number of aliphatic hydroxyl groups is 1. The fourth-order valence-corrected chi connectivity index (χ4v) is 3.31. The summed E-state index contributed by atoms with van der Waals surface area (Å²) in [7, 11) is 0. The molecular formula is C27H40N8O10. The normalized spacial score (nSPS) is 10.7. The number of rotatable bonds is 22. The number of Topliss-reactive ketones (excluding diaryl/α,β-unsaturated/α-hetero) is 3. The number of esters is 3. The second-order valence-electron chi connectivity index (χ2n) is 11.0. The lowest BCUT2D eigenvalue weighted by atomic mass is 10.0. The molecule has 0 amide bonds. The first-order valence-corrected chi connectivity index (χ1v) is 13.9. The van der Waals surface area contributed by atoms with Gasteiger partial charge in [-0.3, -0.25) is 14.4 Å². The van der Waals surface area contributed by atoms with Gasteiger partial charge in [-0.25, -0.2) is 24.2 Å². The summed E-state index contributed by atoms with van der Waals surface area (Å²) in [4.78, 5) is 84.1. The van der Waals surface area contributed by atoms with Crippen LogP contribution in [0.2, 0.25) is 0 Å². The van der Waals surface area contributed by atoms with Gasteiger partial charge >= 0.3 is 35.0 Å². The second kappa shape index (κ2) is 21.2. The minimum Gasteiger partial charge on any atom is -0.440 e. The number of aliphatic hydroxyl groups excluding tert-OH is 1. The largest absolute Gasteiger partial charge is 0.441 e. The van der Waals surface area contributed by atoms with Crippen LogP contribution in [0.1, 0.15) is 60.8 Å². The van der Waals surface area contributed by atoms with Crippen molar-refractivity contribution in [1.82, 2.24) is 9.80 Å². The maximum absolute atomic E-state index is 12.4. The van der Waals surface area contributed by atoms with Crippen molar-refractivity contribution < 1.29 is 62.5 Å². The zero-order valence-electron chi connectivity index (χ0n) is 26.3. The molecule has 0 rings (SSSR count).